The van der Waals surface area contributed by atoms with Crippen molar-refractivity contribution in [2.45, 2.75) is 106 Å². The van der Waals surface area contributed by atoms with Gasteiger partial charge in [-0.25, -0.2) is 0 Å². The molecule has 0 atom stereocenters. The molecule has 34 heavy (non-hydrogen) atoms. The van der Waals surface area contributed by atoms with Gasteiger partial charge in [-0.15, -0.1) is 0 Å². The van der Waals surface area contributed by atoms with Gasteiger partial charge in [0.1, 0.15) is 0 Å². The fourth-order valence-electron chi connectivity index (χ4n) is 4.20. The zero-order valence-electron chi connectivity index (χ0n) is 24.2. The number of rotatable bonds is 9. The van der Waals surface area contributed by atoms with E-state index in [1.165, 1.54) is 58.0 Å². The number of hydrogen-bond donors (Lipinski definition) is 2. The number of carbonyl (C=O) groups excluding carboxylic acids is 1. The Morgan fingerprint density at radius 2 is 1.44 bits per heavy atom. The molecule has 1 aliphatic carbocycles. The summed E-state index contributed by atoms with van der Waals surface area (Å²) < 4.78 is 0. The van der Waals surface area contributed by atoms with Gasteiger partial charge >= 0.3 is 0 Å². The Bertz CT molecular complexity index is 553. The van der Waals surface area contributed by atoms with Gasteiger partial charge in [0.2, 0.25) is 5.91 Å². The van der Waals surface area contributed by atoms with E-state index in [0.29, 0.717) is 5.92 Å². The van der Waals surface area contributed by atoms with Crippen molar-refractivity contribution in [3.8, 4) is 0 Å². The minimum Gasteiger partial charge on any atom is -0.391 e. The quantitative estimate of drug-likeness (QED) is 0.267. The lowest BCUT2D eigenvalue weighted by Crippen LogP contribution is -2.33. The predicted molar refractivity (Wildman–Crippen MR) is 153 cm³/mol. The highest BCUT2D eigenvalue weighted by molar-refractivity contribution is 5.94. The van der Waals surface area contributed by atoms with Crippen LogP contribution < -0.4 is 10.6 Å². The molecule has 0 unspecified atom stereocenters. The van der Waals surface area contributed by atoms with Crippen LogP contribution >= 0.6 is 0 Å². The van der Waals surface area contributed by atoms with Gasteiger partial charge < -0.3 is 15.5 Å². The van der Waals surface area contributed by atoms with E-state index in [1.807, 2.05) is 41.5 Å². The van der Waals surface area contributed by atoms with Crippen LogP contribution in [-0.4, -0.2) is 44.0 Å². The van der Waals surface area contributed by atoms with E-state index < -0.39 is 0 Å². The summed E-state index contributed by atoms with van der Waals surface area (Å²) >= 11 is 0. The molecule has 0 spiro atoms. The molecule has 2 aliphatic rings. The third-order valence-corrected chi connectivity index (χ3v) is 6.65. The monoisotopic (exact) mass is 477 g/mol. The Morgan fingerprint density at radius 3 is 1.94 bits per heavy atom. The summed E-state index contributed by atoms with van der Waals surface area (Å²) in [5, 5.41) is 6.27. The van der Waals surface area contributed by atoms with E-state index in [9.17, 15) is 4.79 Å². The summed E-state index contributed by atoms with van der Waals surface area (Å²) in [7, 11) is 2.19. The third-order valence-electron chi connectivity index (χ3n) is 6.65. The fourth-order valence-corrected chi connectivity index (χ4v) is 4.20. The van der Waals surface area contributed by atoms with E-state index in [1.54, 1.807) is 6.20 Å². The maximum Gasteiger partial charge on any atom is 0.247 e. The number of amides is 1. The van der Waals surface area contributed by atoms with Gasteiger partial charge in [-0.1, -0.05) is 79.0 Å². The van der Waals surface area contributed by atoms with Crippen LogP contribution in [0.4, 0.5) is 0 Å². The number of nitrogens with zero attached hydrogens (tertiary/aromatic N) is 1. The third kappa shape index (κ3) is 16.1. The van der Waals surface area contributed by atoms with Gasteiger partial charge in [-0.2, -0.15) is 0 Å². The highest BCUT2D eigenvalue weighted by atomic mass is 16.1. The minimum absolute atomic E-state index is 0.0836. The summed E-state index contributed by atoms with van der Waals surface area (Å²) in [6.07, 6.45) is 13.0. The van der Waals surface area contributed by atoms with E-state index in [2.05, 4.69) is 42.7 Å². The first kappa shape index (κ1) is 34.6. The van der Waals surface area contributed by atoms with E-state index in [0.717, 1.165) is 48.6 Å². The largest absolute Gasteiger partial charge is 0.391 e. The minimum atomic E-state index is 0.0836. The Balaban J connectivity index is 0. The average molecular weight is 478 g/mol. The molecule has 1 amide bonds. The van der Waals surface area contributed by atoms with Gasteiger partial charge in [0.15, 0.2) is 0 Å². The average Bonchev–Trinajstić information content (AvgIpc) is 2.89. The molecule has 1 saturated carbocycles. The van der Waals surface area contributed by atoms with Crippen molar-refractivity contribution in [1.82, 2.24) is 15.5 Å². The van der Waals surface area contributed by atoms with E-state index in [-0.39, 0.29) is 5.91 Å². The molecule has 0 aromatic carbocycles. The zero-order chi connectivity index (χ0) is 26.4. The summed E-state index contributed by atoms with van der Waals surface area (Å²) in [5.74, 6) is 1.63. The molecule has 0 bridgehead atoms. The SMILES string of the molecule is C=C(CCC)/C(C)=C(\C)C(=O)NCC1CCCCC1.C=CNCC1CCN(C)CC1.CC.CC. The number of likely N-dealkylation sites (tertiary alicyclic amines) is 1. The summed E-state index contributed by atoms with van der Waals surface area (Å²) in [6.45, 7) is 26.2. The molecule has 1 saturated heterocycles. The van der Waals surface area contributed by atoms with Crippen LogP contribution in [-0.2, 0) is 4.79 Å². The van der Waals surface area contributed by atoms with Crippen molar-refractivity contribution in [3.05, 3.63) is 36.1 Å². The van der Waals surface area contributed by atoms with Crippen LogP contribution in [0.3, 0.4) is 0 Å². The predicted octanol–water partition coefficient (Wildman–Crippen LogP) is 7.49. The fraction of sp³-hybridized carbons (Fsp3) is 0.767. The van der Waals surface area contributed by atoms with Gasteiger partial charge in [-0.05, 0) is 89.7 Å². The van der Waals surface area contributed by atoms with Crippen molar-refractivity contribution in [3.63, 3.8) is 0 Å². The number of nitrogens with one attached hydrogen (secondary N) is 2. The highest BCUT2D eigenvalue weighted by Gasteiger charge is 2.16. The molecule has 0 aromatic rings. The second kappa shape index (κ2) is 23.2. The maximum atomic E-state index is 12.1. The molecular formula is C30H59N3O. The lowest BCUT2D eigenvalue weighted by atomic mass is 9.89. The van der Waals surface area contributed by atoms with Crippen LogP contribution in [0.15, 0.2) is 36.1 Å². The molecule has 4 nitrogen and oxygen atoms in total. The zero-order valence-corrected chi connectivity index (χ0v) is 24.2. The Labute approximate surface area is 213 Å². The van der Waals surface area contributed by atoms with E-state index in [4.69, 9.17) is 0 Å². The van der Waals surface area contributed by atoms with Gasteiger partial charge in [-0.3, -0.25) is 4.79 Å². The first-order valence-corrected chi connectivity index (χ1v) is 14.1. The standard InChI is InChI=1S/C17H29NO.C9H18N2.2C2H6/c1-5-9-13(2)14(3)15(4)17(19)18-12-16-10-7-6-8-11-16;1-3-10-8-9-4-6-11(2)7-5-9;2*1-2/h16H,2,5-12H2,1,3-4H3,(H,18,19);3,9-10H,1,4-8H2,2H3;2*1-2H3/b15-14+;;;. The van der Waals surface area contributed by atoms with Crippen molar-refractivity contribution in [1.29, 1.82) is 0 Å². The lowest BCUT2D eigenvalue weighted by Gasteiger charge is -2.28. The molecule has 1 heterocycles. The highest BCUT2D eigenvalue weighted by Crippen LogP contribution is 2.23. The molecule has 0 aromatic heterocycles. The Morgan fingerprint density at radius 1 is 0.912 bits per heavy atom. The number of carbonyl (C=O) groups is 1. The van der Waals surface area contributed by atoms with E-state index >= 15 is 0 Å². The topological polar surface area (TPSA) is 44.4 Å². The second-order valence-corrected chi connectivity index (χ2v) is 9.18. The number of hydrogen-bond acceptors (Lipinski definition) is 3. The van der Waals surface area contributed by atoms with Gasteiger partial charge in [0, 0.05) is 18.7 Å². The van der Waals surface area contributed by atoms with Gasteiger partial charge in [0.05, 0.1) is 0 Å². The molecule has 2 N–H and O–H groups in total. The summed E-state index contributed by atoms with van der Waals surface area (Å²) in [6, 6.07) is 0. The first-order valence-electron chi connectivity index (χ1n) is 14.1. The number of allylic oxidation sites excluding steroid dienone is 2. The second-order valence-electron chi connectivity index (χ2n) is 9.18. The van der Waals surface area contributed by atoms with Crippen LogP contribution in [0, 0.1) is 11.8 Å². The van der Waals surface area contributed by atoms with Crippen LogP contribution in [0.25, 0.3) is 0 Å². The molecule has 2 fully saturated rings. The number of piperidine rings is 1. The van der Waals surface area contributed by atoms with Crippen molar-refractivity contribution < 1.29 is 4.79 Å². The Hall–Kier alpha value is -1.55. The normalized spacial score (nSPS) is 17.3. The van der Waals surface area contributed by atoms with Crippen LogP contribution in [0.5, 0.6) is 0 Å². The molecular weight excluding hydrogens is 418 g/mol. The molecule has 0 radical (unpaired) electrons. The van der Waals surface area contributed by atoms with Crippen molar-refractivity contribution in [2.75, 3.05) is 33.2 Å². The lowest BCUT2D eigenvalue weighted by molar-refractivity contribution is -0.117. The van der Waals surface area contributed by atoms with Crippen LogP contribution in [0.1, 0.15) is 106 Å². The molecule has 1 aliphatic heterocycles. The molecule has 2 rings (SSSR count). The molecule has 4 heteroatoms. The summed E-state index contributed by atoms with van der Waals surface area (Å²) in [4.78, 5) is 14.5. The van der Waals surface area contributed by atoms with Crippen molar-refractivity contribution in [2.24, 2.45) is 11.8 Å². The van der Waals surface area contributed by atoms with Crippen molar-refractivity contribution >= 4 is 5.91 Å². The van der Waals surface area contributed by atoms with Crippen LogP contribution in [0.2, 0.25) is 0 Å². The molecule has 200 valence electrons. The Kier molecular flexibility index (Phi) is 23.6. The smallest absolute Gasteiger partial charge is 0.247 e. The first-order chi connectivity index (χ1) is 16.4. The summed E-state index contributed by atoms with van der Waals surface area (Å²) in [5.41, 5.74) is 2.98. The van der Waals surface area contributed by atoms with Gasteiger partial charge in [0.25, 0.3) is 0 Å². The maximum absolute atomic E-state index is 12.1.